The van der Waals surface area contributed by atoms with Crippen molar-refractivity contribution in [2.45, 2.75) is 91.6 Å². The highest BCUT2D eigenvalue weighted by Gasteiger charge is 2.35. The van der Waals surface area contributed by atoms with Crippen LogP contribution in [0.2, 0.25) is 0 Å². The Bertz CT molecular complexity index is 1950. The van der Waals surface area contributed by atoms with Crippen molar-refractivity contribution in [2.75, 3.05) is 41.1 Å². The summed E-state index contributed by atoms with van der Waals surface area (Å²) in [7, 11) is 2.57. The van der Waals surface area contributed by atoms with Crippen molar-refractivity contribution < 1.29 is 37.5 Å². The molecule has 0 aromatic heterocycles. The predicted molar refractivity (Wildman–Crippen MR) is 249 cm³/mol. The first-order valence-electron chi connectivity index (χ1n) is 21.5. The number of primary amides is 1. The minimum atomic E-state index is -3.66. The van der Waals surface area contributed by atoms with Gasteiger partial charge in [0.05, 0.1) is 25.8 Å². The molecule has 4 atom stereocenters. The fourth-order valence-electron chi connectivity index (χ4n) is 6.91. The maximum absolute atomic E-state index is 13.8. The molecule has 15 heteroatoms. The van der Waals surface area contributed by atoms with Crippen LogP contribution in [-0.4, -0.2) is 103 Å². The lowest BCUT2D eigenvalue weighted by molar-refractivity contribution is -0.148. The minimum absolute atomic E-state index is 0.0150. The molecule has 3 rings (SSSR count). The molecule has 0 fully saturated rings. The SMILES string of the molecule is CN[C@@H](CC(C)C)C(=O)N(C)[C@@H](CC(C)C)C(=O)N(C)CC(=O)N(C)C(C(=N)C[C@H](C)C/C=C/c1ccc(OCP(=O)(OCc2ccccc2)OCc2ccccc2)cc1)C(N)=O. The molecule has 0 bridgehead atoms. The molecule has 3 aromatic rings. The molecule has 63 heavy (non-hydrogen) atoms. The van der Waals surface area contributed by atoms with E-state index in [9.17, 15) is 23.7 Å². The number of nitrogens with zero attached hydrogens (tertiary/aromatic N) is 3. The molecule has 3 aromatic carbocycles. The third kappa shape index (κ3) is 17.5. The summed E-state index contributed by atoms with van der Waals surface area (Å²) >= 11 is 0. The van der Waals surface area contributed by atoms with Gasteiger partial charge in [0.1, 0.15) is 17.8 Å². The molecule has 0 saturated heterocycles. The van der Waals surface area contributed by atoms with E-state index in [1.54, 1.807) is 26.2 Å². The van der Waals surface area contributed by atoms with Crippen molar-refractivity contribution in [1.29, 1.82) is 5.41 Å². The van der Waals surface area contributed by atoms with Crippen LogP contribution < -0.4 is 15.8 Å². The van der Waals surface area contributed by atoms with Crippen molar-refractivity contribution in [3.63, 3.8) is 0 Å². The first-order chi connectivity index (χ1) is 29.8. The lowest BCUT2D eigenvalue weighted by Crippen LogP contribution is -2.56. The monoisotopic (exact) mass is 888 g/mol. The second-order valence-corrected chi connectivity index (χ2v) is 19.0. The number of benzene rings is 3. The fraction of sp³-hybridized carbons (Fsp3) is 0.479. The summed E-state index contributed by atoms with van der Waals surface area (Å²) in [6.45, 7) is 9.77. The van der Waals surface area contributed by atoms with Crippen molar-refractivity contribution in [2.24, 2.45) is 23.5 Å². The maximum atomic E-state index is 13.8. The van der Waals surface area contributed by atoms with Gasteiger partial charge in [0.15, 0.2) is 6.35 Å². The van der Waals surface area contributed by atoms with Crippen LogP contribution in [0.25, 0.3) is 6.08 Å². The van der Waals surface area contributed by atoms with E-state index < -0.39 is 43.4 Å². The number of hydrogen-bond donors (Lipinski definition) is 3. The van der Waals surface area contributed by atoms with E-state index >= 15 is 0 Å². The molecule has 4 amide bonds. The van der Waals surface area contributed by atoms with E-state index in [1.165, 1.54) is 23.9 Å². The Kier molecular flexibility index (Phi) is 21.4. The Hall–Kier alpha value is -5.14. The van der Waals surface area contributed by atoms with Crippen LogP contribution in [0.4, 0.5) is 0 Å². The molecule has 1 unspecified atom stereocenters. The fourth-order valence-corrected chi connectivity index (χ4v) is 8.14. The van der Waals surface area contributed by atoms with Gasteiger partial charge in [0, 0.05) is 26.9 Å². The summed E-state index contributed by atoms with van der Waals surface area (Å²) < 4.78 is 31.3. The lowest BCUT2D eigenvalue weighted by atomic mass is 9.95. The van der Waals surface area contributed by atoms with Gasteiger partial charge < -0.3 is 44.9 Å². The average Bonchev–Trinajstić information content (AvgIpc) is 3.25. The van der Waals surface area contributed by atoms with Crippen LogP contribution in [0, 0.1) is 23.2 Å². The Morgan fingerprint density at radius 3 is 1.81 bits per heavy atom. The molecule has 0 aliphatic heterocycles. The zero-order chi connectivity index (χ0) is 46.7. The lowest BCUT2D eigenvalue weighted by Gasteiger charge is -2.35. The van der Waals surface area contributed by atoms with E-state index in [2.05, 4.69) is 5.32 Å². The van der Waals surface area contributed by atoms with Gasteiger partial charge in [-0.25, -0.2) is 0 Å². The van der Waals surface area contributed by atoms with Crippen molar-refractivity contribution >= 4 is 43.0 Å². The zero-order valence-electron chi connectivity index (χ0n) is 38.5. The standard InChI is InChI=1S/C48H69N6O8P/c1-34(2)27-42(51-6)47(57)53(8)43(28-35(3)4)48(58)52(7)30-44(55)54(9)45(46(50)56)41(49)29-36(5)17-16-22-37-23-25-40(26-24-37)60-33-63(59,61-31-38-18-12-10-13-19-38)62-32-39-20-14-11-15-21-39/h10-16,18-26,34-36,42-43,45,49,51H,17,27-33H2,1-9H3,(H2,50,56)/b22-16+,49-41?/t36-,42+,43+,45?/m1/s1. The molecular formula is C48H69N6O8P. The normalized spacial score (nSPS) is 13.6. The van der Waals surface area contributed by atoms with Crippen LogP contribution in [0.15, 0.2) is 91.0 Å². The summed E-state index contributed by atoms with van der Waals surface area (Å²) in [6.07, 6.45) is 5.38. The molecular weight excluding hydrogens is 820 g/mol. The van der Waals surface area contributed by atoms with E-state index in [0.29, 0.717) is 25.0 Å². The smallest absolute Gasteiger partial charge is 0.368 e. The summed E-state index contributed by atoms with van der Waals surface area (Å²) in [4.78, 5) is 57.3. The molecule has 0 heterocycles. The number of rotatable bonds is 27. The highest BCUT2D eigenvalue weighted by Crippen LogP contribution is 2.49. The summed E-state index contributed by atoms with van der Waals surface area (Å²) in [6, 6.07) is 23.6. The third-order valence-electron chi connectivity index (χ3n) is 10.5. The molecule has 0 saturated carbocycles. The van der Waals surface area contributed by atoms with E-state index in [4.69, 9.17) is 24.9 Å². The van der Waals surface area contributed by atoms with E-state index in [-0.39, 0.29) is 61.9 Å². The second kappa shape index (κ2) is 25.8. The first-order valence-corrected chi connectivity index (χ1v) is 23.2. The number of carbonyl (C=O) groups excluding carboxylic acids is 4. The van der Waals surface area contributed by atoms with Gasteiger partial charge in [-0.3, -0.25) is 23.7 Å². The number of nitrogens with two attached hydrogens (primary N) is 1. The number of carbonyl (C=O) groups is 4. The quantitative estimate of drug-likeness (QED) is 0.0519. The number of allylic oxidation sites excluding steroid dienone is 1. The number of likely N-dealkylation sites (N-methyl/N-ethyl adjacent to an activating group) is 4. The average molecular weight is 889 g/mol. The third-order valence-corrected chi connectivity index (χ3v) is 12.0. The molecule has 4 N–H and O–H groups in total. The summed E-state index contributed by atoms with van der Waals surface area (Å²) in [5, 5.41) is 11.9. The highest BCUT2D eigenvalue weighted by molar-refractivity contribution is 7.53. The van der Waals surface area contributed by atoms with Gasteiger partial charge in [-0.2, -0.15) is 0 Å². The van der Waals surface area contributed by atoms with Crippen molar-refractivity contribution in [1.82, 2.24) is 20.0 Å². The molecule has 0 aliphatic rings. The maximum Gasteiger partial charge on any atom is 0.368 e. The number of ether oxygens (including phenoxy) is 1. The van der Waals surface area contributed by atoms with Crippen LogP contribution in [0.1, 0.15) is 77.0 Å². The van der Waals surface area contributed by atoms with Crippen molar-refractivity contribution in [3.8, 4) is 5.75 Å². The van der Waals surface area contributed by atoms with E-state index in [1.807, 2.05) is 120 Å². The molecule has 344 valence electrons. The van der Waals surface area contributed by atoms with Gasteiger partial charge in [0.25, 0.3) is 0 Å². The second-order valence-electron chi connectivity index (χ2n) is 17.0. The number of hydrogen-bond acceptors (Lipinski definition) is 10. The van der Waals surface area contributed by atoms with Gasteiger partial charge in [-0.1, -0.05) is 120 Å². The summed E-state index contributed by atoms with van der Waals surface area (Å²) in [5.74, 6) is -1.24. The van der Waals surface area contributed by atoms with Crippen LogP contribution >= 0.6 is 7.60 Å². The molecule has 0 radical (unpaired) electrons. The van der Waals surface area contributed by atoms with Crippen LogP contribution in [-0.2, 0) is 46.0 Å². The zero-order valence-corrected chi connectivity index (χ0v) is 39.4. The highest BCUT2D eigenvalue weighted by atomic mass is 31.2. The van der Waals surface area contributed by atoms with Crippen LogP contribution in [0.5, 0.6) is 5.75 Å². The van der Waals surface area contributed by atoms with Gasteiger partial charge in [-0.05, 0) is 79.3 Å². The van der Waals surface area contributed by atoms with Gasteiger partial charge in [0.2, 0.25) is 23.6 Å². The summed E-state index contributed by atoms with van der Waals surface area (Å²) in [5.41, 5.74) is 8.34. The Labute approximate surface area is 374 Å². The molecule has 0 aliphatic carbocycles. The molecule has 14 nitrogen and oxygen atoms in total. The van der Waals surface area contributed by atoms with Crippen molar-refractivity contribution in [3.05, 3.63) is 108 Å². The van der Waals surface area contributed by atoms with E-state index in [0.717, 1.165) is 21.6 Å². The topological polar surface area (TPSA) is 185 Å². The Morgan fingerprint density at radius 1 is 0.778 bits per heavy atom. The predicted octanol–water partition coefficient (Wildman–Crippen LogP) is 7.38. The molecule has 0 spiro atoms. The first kappa shape index (κ1) is 52.2. The Balaban J connectivity index is 1.56. The minimum Gasteiger partial charge on any atom is -0.481 e. The van der Waals surface area contributed by atoms with Crippen LogP contribution in [0.3, 0.4) is 0 Å². The van der Waals surface area contributed by atoms with Gasteiger partial charge in [-0.15, -0.1) is 0 Å². The number of nitrogens with one attached hydrogen (secondary N) is 2. The number of amides is 4. The van der Waals surface area contributed by atoms with Gasteiger partial charge >= 0.3 is 7.60 Å². The Morgan fingerprint density at radius 2 is 1.32 bits per heavy atom. The largest absolute Gasteiger partial charge is 0.481 e.